The molecule has 4 rings (SSSR count). The van der Waals surface area contributed by atoms with E-state index in [2.05, 4.69) is 29.8 Å². The van der Waals surface area contributed by atoms with E-state index in [1.807, 2.05) is 43.3 Å². The minimum atomic E-state index is 0.261. The number of para-hydroxylation sites is 1. The molecule has 3 heteroatoms. The van der Waals surface area contributed by atoms with Crippen molar-refractivity contribution in [2.45, 2.75) is 13.8 Å². The number of phenolic OH excluding ortho intramolecular Hbond substituents is 1. The molecule has 0 aliphatic carbocycles. The van der Waals surface area contributed by atoms with Gasteiger partial charge in [-0.15, -0.1) is 0 Å². The van der Waals surface area contributed by atoms with Gasteiger partial charge in [-0.3, -0.25) is 0 Å². The molecule has 3 nitrogen and oxygen atoms in total. The van der Waals surface area contributed by atoms with Gasteiger partial charge in [0.05, 0.1) is 17.8 Å². The molecule has 0 saturated heterocycles. The minimum Gasteiger partial charge on any atom is -0.506 e. The lowest BCUT2D eigenvalue weighted by molar-refractivity contribution is 0.340. The molecule has 0 unspecified atom stereocenters. The van der Waals surface area contributed by atoms with Crippen LogP contribution in [-0.4, -0.2) is 16.3 Å². The molecule has 3 aromatic carbocycles. The van der Waals surface area contributed by atoms with Crippen molar-refractivity contribution >= 4 is 21.7 Å². The topological polar surface area (TPSA) is 34.4 Å². The fourth-order valence-electron chi connectivity index (χ4n) is 3.32. The number of benzene rings is 3. The summed E-state index contributed by atoms with van der Waals surface area (Å²) in [5.41, 5.74) is 3.06. The first kappa shape index (κ1) is 14.6. The van der Waals surface area contributed by atoms with Gasteiger partial charge >= 0.3 is 0 Å². The number of hydrogen-bond donors (Lipinski definition) is 1. The van der Waals surface area contributed by atoms with Crippen LogP contribution in [0.5, 0.6) is 11.5 Å². The zero-order valence-electron chi connectivity index (χ0n) is 13.8. The van der Waals surface area contributed by atoms with Crippen molar-refractivity contribution in [1.82, 2.24) is 4.57 Å². The SMILES string of the molecule is CCOc1ccc2ccc(O)c(-n3cc(C)c4ccccc43)c2c1. The summed E-state index contributed by atoms with van der Waals surface area (Å²) >= 11 is 0. The maximum atomic E-state index is 10.6. The molecule has 0 radical (unpaired) electrons. The highest BCUT2D eigenvalue weighted by atomic mass is 16.5. The number of aromatic nitrogens is 1. The number of fused-ring (bicyclic) bond motifs is 2. The summed E-state index contributed by atoms with van der Waals surface area (Å²) in [5, 5.41) is 13.8. The number of rotatable bonds is 3. The first-order valence-corrected chi connectivity index (χ1v) is 8.14. The van der Waals surface area contributed by atoms with Crippen LogP contribution in [0.25, 0.3) is 27.4 Å². The fourth-order valence-corrected chi connectivity index (χ4v) is 3.32. The van der Waals surface area contributed by atoms with E-state index in [0.29, 0.717) is 6.61 Å². The quantitative estimate of drug-likeness (QED) is 0.564. The number of aromatic hydroxyl groups is 1. The van der Waals surface area contributed by atoms with E-state index in [4.69, 9.17) is 4.74 Å². The molecule has 1 aromatic heterocycles. The van der Waals surface area contributed by atoms with Crippen LogP contribution in [-0.2, 0) is 0 Å². The van der Waals surface area contributed by atoms with E-state index in [0.717, 1.165) is 27.7 Å². The van der Waals surface area contributed by atoms with E-state index in [9.17, 15) is 5.11 Å². The molecular formula is C21H19NO2. The number of nitrogens with zero attached hydrogens (tertiary/aromatic N) is 1. The number of aryl methyl sites for hydroxylation is 1. The molecule has 0 aliphatic rings. The molecular weight excluding hydrogens is 298 g/mol. The average molecular weight is 317 g/mol. The lowest BCUT2D eigenvalue weighted by Crippen LogP contribution is -1.96. The monoisotopic (exact) mass is 317 g/mol. The van der Waals surface area contributed by atoms with E-state index in [-0.39, 0.29) is 5.75 Å². The van der Waals surface area contributed by atoms with Crippen molar-refractivity contribution in [3.63, 3.8) is 0 Å². The van der Waals surface area contributed by atoms with Crippen LogP contribution in [0.2, 0.25) is 0 Å². The molecule has 0 saturated carbocycles. The fraction of sp³-hybridized carbons (Fsp3) is 0.143. The Balaban J connectivity index is 2.07. The third-order valence-corrected chi connectivity index (χ3v) is 4.41. The molecule has 1 N–H and O–H groups in total. The molecule has 0 bridgehead atoms. The standard InChI is InChI=1S/C21H19NO2/c1-3-24-16-10-8-15-9-11-20(23)21(18(15)12-16)22-13-14(2)17-6-4-5-7-19(17)22/h4-13,23H,3H2,1-2H3. The summed E-state index contributed by atoms with van der Waals surface area (Å²) in [6.45, 7) is 4.67. The Hall–Kier alpha value is -2.94. The predicted molar refractivity (Wildman–Crippen MR) is 98.4 cm³/mol. The zero-order chi connectivity index (χ0) is 16.7. The van der Waals surface area contributed by atoms with E-state index in [1.54, 1.807) is 6.07 Å². The van der Waals surface area contributed by atoms with E-state index < -0.39 is 0 Å². The van der Waals surface area contributed by atoms with Gasteiger partial charge in [0.2, 0.25) is 0 Å². The van der Waals surface area contributed by atoms with Crippen molar-refractivity contribution in [3.05, 3.63) is 66.4 Å². The Morgan fingerprint density at radius 3 is 2.62 bits per heavy atom. The molecule has 120 valence electrons. The largest absolute Gasteiger partial charge is 0.506 e. The summed E-state index contributed by atoms with van der Waals surface area (Å²) in [6.07, 6.45) is 2.08. The predicted octanol–water partition coefficient (Wildman–Crippen LogP) is 5.20. The third-order valence-electron chi connectivity index (χ3n) is 4.41. The summed E-state index contributed by atoms with van der Waals surface area (Å²) in [7, 11) is 0. The van der Waals surface area contributed by atoms with Gasteiger partial charge in [0.25, 0.3) is 0 Å². The van der Waals surface area contributed by atoms with Crippen molar-refractivity contribution in [1.29, 1.82) is 0 Å². The molecule has 0 aliphatic heterocycles. The maximum Gasteiger partial charge on any atom is 0.140 e. The minimum absolute atomic E-state index is 0.261. The molecule has 0 atom stereocenters. The van der Waals surface area contributed by atoms with E-state index in [1.165, 1.54) is 10.9 Å². The Bertz CT molecular complexity index is 1050. The van der Waals surface area contributed by atoms with Gasteiger partial charge in [0.15, 0.2) is 0 Å². The summed E-state index contributed by atoms with van der Waals surface area (Å²) in [5.74, 6) is 1.07. The maximum absolute atomic E-state index is 10.6. The highest BCUT2D eigenvalue weighted by Gasteiger charge is 2.14. The van der Waals surface area contributed by atoms with Crippen molar-refractivity contribution in [2.75, 3.05) is 6.61 Å². The normalized spacial score (nSPS) is 11.2. The second-order valence-corrected chi connectivity index (χ2v) is 5.95. The van der Waals surface area contributed by atoms with Gasteiger partial charge in [-0.25, -0.2) is 0 Å². The molecule has 24 heavy (non-hydrogen) atoms. The Labute approximate surface area is 140 Å². The molecule has 1 heterocycles. The summed E-state index contributed by atoms with van der Waals surface area (Å²) < 4.78 is 7.71. The van der Waals surface area contributed by atoms with Gasteiger partial charge < -0.3 is 14.4 Å². The van der Waals surface area contributed by atoms with Gasteiger partial charge in [0, 0.05) is 17.0 Å². The van der Waals surface area contributed by atoms with Crippen molar-refractivity contribution in [3.8, 4) is 17.2 Å². The van der Waals surface area contributed by atoms with Gasteiger partial charge in [-0.05, 0) is 49.1 Å². The van der Waals surface area contributed by atoms with Crippen molar-refractivity contribution in [2.24, 2.45) is 0 Å². The lowest BCUT2D eigenvalue weighted by Gasteiger charge is -2.13. The Kier molecular flexibility index (Phi) is 3.42. The smallest absolute Gasteiger partial charge is 0.140 e. The summed E-state index contributed by atoms with van der Waals surface area (Å²) in [6, 6.07) is 17.9. The number of hydrogen-bond acceptors (Lipinski definition) is 2. The van der Waals surface area contributed by atoms with Gasteiger partial charge in [-0.2, -0.15) is 0 Å². The van der Waals surface area contributed by atoms with Crippen LogP contribution in [0.1, 0.15) is 12.5 Å². The average Bonchev–Trinajstić information content (AvgIpc) is 2.92. The highest BCUT2D eigenvalue weighted by Crippen LogP contribution is 2.36. The first-order chi connectivity index (χ1) is 11.7. The summed E-state index contributed by atoms with van der Waals surface area (Å²) in [4.78, 5) is 0. The highest BCUT2D eigenvalue weighted by molar-refractivity contribution is 5.96. The Morgan fingerprint density at radius 1 is 1.00 bits per heavy atom. The number of phenols is 1. The lowest BCUT2D eigenvalue weighted by atomic mass is 10.1. The van der Waals surface area contributed by atoms with E-state index >= 15 is 0 Å². The molecule has 0 amide bonds. The van der Waals surface area contributed by atoms with Crippen LogP contribution in [0.3, 0.4) is 0 Å². The second kappa shape index (κ2) is 5.60. The van der Waals surface area contributed by atoms with Gasteiger partial charge in [-0.1, -0.05) is 30.3 Å². The van der Waals surface area contributed by atoms with Crippen LogP contribution in [0.4, 0.5) is 0 Å². The van der Waals surface area contributed by atoms with Crippen LogP contribution < -0.4 is 4.74 Å². The van der Waals surface area contributed by atoms with Gasteiger partial charge in [0.1, 0.15) is 11.5 Å². The zero-order valence-corrected chi connectivity index (χ0v) is 13.8. The first-order valence-electron chi connectivity index (χ1n) is 8.14. The molecule has 4 aromatic rings. The third kappa shape index (κ3) is 2.21. The van der Waals surface area contributed by atoms with Crippen LogP contribution in [0, 0.1) is 6.92 Å². The molecule has 0 spiro atoms. The second-order valence-electron chi connectivity index (χ2n) is 5.95. The molecule has 0 fully saturated rings. The number of ether oxygens (including phenoxy) is 1. The van der Waals surface area contributed by atoms with Crippen LogP contribution >= 0.6 is 0 Å². The Morgan fingerprint density at radius 2 is 1.79 bits per heavy atom. The van der Waals surface area contributed by atoms with Crippen molar-refractivity contribution < 1.29 is 9.84 Å². The van der Waals surface area contributed by atoms with Crippen LogP contribution in [0.15, 0.2) is 60.8 Å².